The maximum Gasteiger partial charge on any atom is 0.223 e. The van der Waals surface area contributed by atoms with Crippen LogP contribution in [0.4, 0.5) is 5.95 Å². The monoisotopic (exact) mass is 466 g/mol. The molecule has 6 nitrogen and oxygen atoms in total. The minimum Gasteiger partial charge on any atom is -0.354 e. The van der Waals surface area contributed by atoms with E-state index in [2.05, 4.69) is 31.7 Å². The lowest BCUT2D eigenvalue weighted by molar-refractivity contribution is 0.971. The molecule has 0 saturated carbocycles. The zero-order valence-corrected chi connectivity index (χ0v) is 18.5. The van der Waals surface area contributed by atoms with E-state index in [0.29, 0.717) is 38.8 Å². The topological polar surface area (TPSA) is 86.5 Å². The summed E-state index contributed by atoms with van der Waals surface area (Å²) in [7, 11) is 0. The Labute approximate surface area is 194 Å². The molecule has 0 aliphatic carbocycles. The Bertz CT molecular complexity index is 1200. The van der Waals surface area contributed by atoms with Crippen molar-refractivity contribution < 1.29 is 0 Å². The highest BCUT2D eigenvalue weighted by Gasteiger charge is 2.19. The molecule has 0 amide bonds. The number of rotatable bonds is 6. The predicted octanol–water partition coefficient (Wildman–Crippen LogP) is 5.36. The molecule has 2 aromatic heterocycles. The Kier molecular flexibility index (Phi) is 6.73. The molecule has 1 aliphatic heterocycles. The van der Waals surface area contributed by atoms with Gasteiger partial charge < -0.3 is 10.6 Å². The second-order valence-electron chi connectivity index (χ2n) is 6.52. The van der Waals surface area contributed by atoms with Crippen molar-refractivity contribution in [2.45, 2.75) is 6.42 Å². The molecular weight excluding hydrogens is 451 g/mol. The van der Waals surface area contributed by atoms with Crippen LogP contribution in [-0.2, 0) is 6.42 Å². The zero-order chi connectivity index (χ0) is 21.6. The number of nitrogens with zero attached hydrogens (tertiary/aromatic N) is 4. The average Bonchev–Trinajstić information content (AvgIpc) is 3.27. The number of thioether (sulfide) groups is 1. The van der Waals surface area contributed by atoms with Crippen LogP contribution in [0.1, 0.15) is 16.8 Å². The van der Waals surface area contributed by atoms with Gasteiger partial charge in [-0.1, -0.05) is 47.1 Å². The van der Waals surface area contributed by atoms with Crippen LogP contribution < -0.4 is 10.6 Å². The summed E-state index contributed by atoms with van der Waals surface area (Å²) in [4.78, 5) is 12.9. The Morgan fingerprint density at radius 2 is 2.06 bits per heavy atom. The molecule has 154 valence electrons. The quantitative estimate of drug-likeness (QED) is 0.472. The summed E-state index contributed by atoms with van der Waals surface area (Å²) in [6, 6.07) is 13.3. The Morgan fingerprint density at radius 3 is 2.84 bits per heavy atom. The summed E-state index contributed by atoms with van der Waals surface area (Å²) in [5, 5.41) is 19.9. The summed E-state index contributed by atoms with van der Waals surface area (Å²) in [6.45, 7) is 0.656. The average molecular weight is 467 g/mol. The van der Waals surface area contributed by atoms with Gasteiger partial charge >= 0.3 is 0 Å². The van der Waals surface area contributed by atoms with Crippen molar-refractivity contribution in [3.63, 3.8) is 0 Å². The fraction of sp³-hybridized carbons (Fsp3) is 0.0909. The van der Waals surface area contributed by atoms with Gasteiger partial charge in [-0.15, -0.1) is 0 Å². The molecule has 1 aromatic carbocycles. The van der Waals surface area contributed by atoms with Gasteiger partial charge in [0, 0.05) is 36.1 Å². The standard InChI is InChI=1S/C22H16Cl2N6S/c23-17-4-3-15(10-18(17)24)20-13-31-21(29-20)16(11-25)19-6-9-28-22(30-19)27-8-5-14-2-1-7-26-12-14/h1-4,6-7,9-10,12-13,29H,5,8H2,(H,27,28,30). The van der Waals surface area contributed by atoms with Crippen LogP contribution in [0.2, 0.25) is 10.0 Å². The first kappa shape index (κ1) is 21.2. The highest BCUT2D eigenvalue weighted by atomic mass is 35.5. The van der Waals surface area contributed by atoms with E-state index in [4.69, 9.17) is 23.2 Å². The summed E-state index contributed by atoms with van der Waals surface area (Å²) in [5.74, 6) is 0.468. The second-order valence-corrected chi connectivity index (χ2v) is 8.22. The van der Waals surface area contributed by atoms with E-state index in [0.717, 1.165) is 23.2 Å². The van der Waals surface area contributed by atoms with Crippen molar-refractivity contribution >= 4 is 52.2 Å². The van der Waals surface area contributed by atoms with Crippen LogP contribution in [0.5, 0.6) is 0 Å². The minimum atomic E-state index is 0.439. The van der Waals surface area contributed by atoms with E-state index in [-0.39, 0.29) is 0 Å². The summed E-state index contributed by atoms with van der Waals surface area (Å²) in [5.41, 5.74) is 3.83. The van der Waals surface area contributed by atoms with Gasteiger partial charge in [0.15, 0.2) is 0 Å². The lowest BCUT2D eigenvalue weighted by Crippen LogP contribution is -2.10. The van der Waals surface area contributed by atoms with E-state index >= 15 is 0 Å². The van der Waals surface area contributed by atoms with Crippen molar-refractivity contribution in [2.24, 2.45) is 0 Å². The van der Waals surface area contributed by atoms with Crippen molar-refractivity contribution in [3.05, 3.63) is 92.3 Å². The number of allylic oxidation sites excluding steroid dienone is 1. The summed E-state index contributed by atoms with van der Waals surface area (Å²) in [6.07, 6.45) is 6.01. The largest absolute Gasteiger partial charge is 0.354 e. The number of nitriles is 1. The molecular formula is C22H16Cl2N6S. The number of hydrogen-bond donors (Lipinski definition) is 2. The molecule has 9 heteroatoms. The Morgan fingerprint density at radius 1 is 1.16 bits per heavy atom. The predicted molar refractivity (Wildman–Crippen MR) is 126 cm³/mol. The summed E-state index contributed by atoms with van der Waals surface area (Å²) >= 11 is 13.6. The third kappa shape index (κ3) is 5.17. The molecule has 0 fully saturated rings. The highest BCUT2D eigenvalue weighted by molar-refractivity contribution is 8.06. The lowest BCUT2D eigenvalue weighted by atomic mass is 10.1. The normalized spacial score (nSPS) is 14.4. The molecule has 3 aromatic rings. The molecule has 0 spiro atoms. The van der Waals surface area contributed by atoms with Crippen LogP contribution in [0.25, 0.3) is 11.3 Å². The van der Waals surface area contributed by atoms with Crippen LogP contribution in [0.15, 0.2) is 65.4 Å². The minimum absolute atomic E-state index is 0.439. The molecule has 1 aliphatic rings. The molecule has 0 atom stereocenters. The van der Waals surface area contributed by atoms with E-state index in [9.17, 15) is 5.26 Å². The maximum absolute atomic E-state index is 9.78. The number of halogens is 2. The number of pyridine rings is 1. The van der Waals surface area contributed by atoms with Gasteiger partial charge in [0.05, 0.1) is 26.5 Å². The first-order chi connectivity index (χ1) is 15.1. The second kappa shape index (κ2) is 9.84. The van der Waals surface area contributed by atoms with E-state index in [1.807, 2.05) is 29.8 Å². The molecule has 2 N–H and O–H groups in total. The SMILES string of the molecule is N#CC(=C1NC(c2ccc(Cl)c(Cl)c2)=CS1)c1ccnc(NCCc2cccnc2)n1. The number of nitrogens with one attached hydrogen (secondary N) is 2. The molecule has 3 heterocycles. The molecule has 0 radical (unpaired) electrons. The molecule has 4 rings (SSSR count). The van der Waals surface area contributed by atoms with Crippen molar-refractivity contribution in [2.75, 3.05) is 11.9 Å². The number of aromatic nitrogens is 3. The smallest absolute Gasteiger partial charge is 0.223 e. The Hall–Kier alpha value is -3.05. The van der Waals surface area contributed by atoms with E-state index < -0.39 is 0 Å². The van der Waals surface area contributed by atoms with E-state index in [1.54, 1.807) is 30.6 Å². The molecule has 0 unspecified atom stereocenters. The first-order valence-electron chi connectivity index (χ1n) is 9.34. The van der Waals surface area contributed by atoms with Crippen LogP contribution >= 0.6 is 35.0 Å². The van der Waals surface area contributed by atoms with Gasteiger partial charge in [0.25, 0.3) is 0 Å². The third-order valence-corrected chi connectivity index (χ3v) is 6.08. The van der Waals surface area contributed by atoms with Crippen molar-refractivity contribution in [1.82, 2.24) is 20.3 Å². The first-order valence-corrected chi connectivity index (χ1v) is 11.0. The van der Waals surface area contributed by atoms with E-state index in [1.165, 1.54) is 11.8 Å². The number of hydrogen-bond acceptors (Lipinski definition) is 7. The van der Waals surface area contributed by atoms with Crippen LogP contribution in [-0.4, -0.2) is 21.5 Å². The molecule has 0 saturated heterocycles. The van der Waals surface area contributed by atoms with Crippen LogP contribution in [0.3, 0.4) is 0 Å². The number of anilines is 1. The van der Waals surface area contributed by atoms with Gasteiger partial charge in [-0.3, -0.25) is 4.98 Å². The maximum atomic E-state index is 9.78. The van der Waals surface area contributed by atoms with Gasteiger partial charge in [0.1, 0.15) is 11.6 Å². The van der Waals surface area contributed by atoms with Crippen molar-refractivity contribution in [1.29, 1.82) is 5.26 Å². The molecule has 31 heavy (non-hydrogen) atoms. The van der Waals surface area contributed by atoms with Gasteiger partial charge in [0.2, 0.25) is 5.95 Å². The third-order valence-electron chi connectivity index (χ3n) is 4.44. The van der Waals surface area contributed by atoms with Gasteiger partial charge in [-0.2, -0.15) is 5.26 Å². The fourth-order valence-corrected chi connectivity index (χ4v) is 4.06. The molecule has 0 bridgehead atoms. The zero-order valence-electron chi connectivity index (χ0n) is 16.1. The van der Waals surface area contributed by atoms with Gasteiger partial charge in [-0.25, -0.2) is 9.97 Å². The van der Waals surface area contributed by atoms with Gasteiger partial charge in [-0.05, 0) is 36.2 Å². The van der Waals surface area contributed by atoms with Crippen molar-refractivity contribution in [3.8, 4) is 6.07 Å². The Balaban J connectivity index is 1.48. The lowest BCUT2D eigenvalue weighted by Gasteiger charge is -2.09. The number of benzene rings is 1. The van der Waals surface area contributed by atoms with Crippen LogP contribution in [0, 0.1) is 11.3 Å². The highest BCUT2D eigenvalue weighted by Crippen LogP contribution is 2.36. The fourth-order valence-electron chi connectivity index (χ4n) is 2.90. The summed E-state index contributed by atoms with van der Waals surface area (Å²) < 4.78 is 0.